The molecule has 2 heterocycles. The zero-order chi connectivity index (χ0) is 11.1. The van der Waals surface area contributed by atoms with E-state index in [1.807, 2.05) is 16.7 Å². The molecule has 2 amide bonds. The van der Waals surface area contributed by atoms with Crippen LogP contribution in [0.25, 0.3) is 0 Å². The fourth-order valence-electron chi connectivity index (χ4n) is 2.60. The molecule has 0 atom stereocenters. The van der Waals surface area contributed by atoms with E-state index in [2.05, 4.69) is 13.8 Å². The van der Waals surface area contributed by atoms with Gasteiger partial charge in [-0.25, -0.2) is 4.79 Å². The van der Waals surface area contributed by atoms with Gasteiger partial charge in [-0.1, -0.05) is 0 Å². The molecule has 2 saturated heterocycles. The summed E-state index contributed by atoms with van der Waals surface area (Å²) >= 11 is 0. The summed E-state index contributed by atoms with van der Waals surface area (Å²) in [5.74, 6) is 0. The maximum Gasteiger partial charge on any atom is 0.320 e. The summed E-state index contributed by atoms with van der Waals surface area (Å²) in [6.07, 6.45) is 1.05. The quantitative estimate of drug-likeness (QED) is 0.691. The van der Waals surface area contributed by atoms with Gasteiger partial charge in [0.05, 0.1) is 18.8 Å². The first-order valence-electron chi connectivity index (χ1n) is 5.77. The lowest BCUT2D eigenvalue weighted by atomic mass is 9.87. The number of rotatable bonds is 2. The minimum absolute atomic E-state index is 0.0108. The number of amides is 2. The standard InChI is InChI=1S/C11H20N2O2/c1-4-12-6-5-11(7-15-8-11)13(9(2)3)10(12)14/h9H,4-8H2,1-3H3. The number of nitrogens with zero attached hydrogens (tertiary/aromatic N) is 2. The topological polar surface area (TPSA) is 32.8 Å². The van der Waals surface area contributed by atoms with Crippen LogP contribution in [0.3, 0.4) is 0 Å². The van der Waals surface area contributed by atoms with Crippen molar-refractivity contribution >= 4 is 6.03 Å². The SMILES string of the molecule is CCN1CCC2(COC2)N(C(C)C)C1=O. The Labute approximate surface area is 91.2 Å². The van der Waals surface area contributed by atoms with Crippen LogP contribution in [0.2, 0.25) is 0 Å². The van der Waals surface area contributed by atoms with Crippen LogP contribution >= 0.6 is 0 Å². The van der Waals surface area contributed by atoms with Crippen LogP contribution in [0.5, 0.6) is 0 Å². The van der Waals surface area contributed by atoms with Crippen molar-refractivity contribution in [3.63, 3.8) is 0 Å². The molecule has 2 aliphatic heterocycles. The highest BCUT2D eigenvalue weighted by molar-refractivity contribution is 5.77. The summed E-state index contributed by atoms with van der Waals surface area (Å²) in [7, 11) is 0. The Morgan fingerprint density at radius 3 is 2.53 bits per heavy atom. The summed E-state index contributed by atoms with van der Waals surface area (Å²) in [6, 6.07) is 0.442. The molecule has 86 valence electrons. The zero-order valence-corrected chi connectivity index (χ0v) is 9.82. The smallest absolute Gasteiger partial charge is 0.320 e. The van der Waals surface area contributed by atoms with Crippen LogP contribution in [0.4, 0.5) is 4.79 Å². The van der Waals surface area contributed by atoms with Gasteiger partial charge in [0.25, 0.3) is 0 Å². The Balaban J connectivity index is 2.20. The second-order valence-electron chi connectivity index (χ2n) is 4.79. The molecule has 0 N–H and O–H groups in total. The fraction of sp³-hybridized carbons (Fsp3) is 0.909. The second kappa shape index (κ2) is 3.67. The first kappa shape index (κ1) is 10.7. The van der Waals surface area contributed by atoms with Crippen LogP contribution in [-0.2, 0) is 4.74 Å². The predicted octanol–water partition coefficient (Wildman–Crippen LogP) is 1.31. The normalized spacial score (nSPS) is 24.9. The molecule has 4 heteroatoms. The van der Waals surface area contributed by atoms with Crippen molar-refractivity contribution in [2.24, 2.45) is 0 Å². The summed E-state index contributed by atoms with van der Waals surface area (Å²) in [5, 5.41) is 0. The lowest BCUT2D eigenvalue weighted by Gasteiger charge is -2.56. The minimum atomic E-state index is 0.0108. The molecule has 4 nitrogen and oxygen atoms in total. The van der Waals surface area contributed by atoms with Crippen LogP contribution in [0.1, 0.15) is 27.2 Å². The van der Waals surface area contributed by atoms with E-state index >= 15 is 0 Å². The van der Waals surface area contributed by atoms with Crippen LogP contribution in [0, 0.1) is 0 Å². The lowest BCUT2D eigenvalue weighted by molar-refractivity contribution is -0.151. The fourth-order valence-corrected chi connectivity index (χ4v) is 2.60. The maximum atomic E-state index is 12.2. The third kappa shape index (κ3) is 1.51. The third-order valence-corrected chi connectivity index (χ3v) is 3.47. The Hall–Kier alpha value is -0.770. The highest BCUT2D eigenvalue weighted by Gasteiger charge is 2.51. The van der Waals surface area contributed by atoms with Gasteiger partial charge >= 0.3 is 6.03 Å². The number of carbonyl (C=O) groups excluding carboxylic acids is 1. The summed E-state index contributed by atoms with van der Waals surface area (Å²) in [4.78, 5) is 16.1. The molecule has 0 aromatic heterocycles. The lowest BCUT2D eigenvalue weighted by Crippen LogP contribution is -2.71. The molecular weight excluding hydrogens is 192 g/mol. The molecule has 0 bridgehead atoms. The highest BCUT2D eigenvalue weighted by Crippen LogP contribution is 2.35. The van der Waals surface area contributed by atoms with Gasteiger partial charge in [-0.15, -0.1) is 0 Å². The molecule has 0 saturated carbocycles. The van der Waals surface area contributed by atoms with Crippen molar-refractivity contribution in [3.05, 3.63) is 0 Å². The Kier molecular flexibility index (Phi) is 2.63. The number of urea groups is 1. The van der Waals surface area contributed by atoms with Crippen molar-refractivity contribution in [2.75, 3.05) is 26.3 Å². The first-order chi connectivity index (χ1) is 7.10. The Morgan fingerprint density at radius 2 is 2.13 bits per heavy atom. The van der Waals surface area contributed by atoms with Crippen molar-refractivity contribution < 1.29 is 9.53 Å². The van der Waals surface area contributed by atoms with Crippen LogP contribution in [0.15, 0.2) is 0 Å². The van der Waals surface area contributed by atoms with Gasteiger partial charge in [-0.05, 0) is 27.2 Å². The first-order valence-corrected chi connectivity index (χ1v) is 5.77. The van der Waals surface area contributed by atoms with E-state index in [1.165, 1.54) is 0 Å². The number of hydrogen-bond acceptors (Lipinski definition) is 2. The van der Waals surface area contributed by atoms with E-state index in [9.17, 15) is 4.79 Å². The largest absolute Gasteiger partial charge is 0.376 e. The van der Waals surface area contributed by atoms with Crippen molar-refractivity contribution in [1.82, 2.24) is 9.80 Å². The molecule has 0 radical (unpaired) electrons. The molecule has 1 spiro atoms. The summed E-state index contributed by atoms with van der Waals surface area (Å²) < 4.78 is 5.30. The maximum absolute atomic E-state index is 12.2. The van der Waals surface area contributed by atoms with Crippen LogP contribution < -0.4 is 0 Å². The highest BCUT2D eigenvalue weighted by atomic mass is 16.5. The molecule has 0 aromatic carbocycles. The van der Waals surface area contributed by atoms with Gasteiger partial charge in [-0.2, -0.15) is 0 Å². The van der Waals surface area contributed by atoms with Gasteiger partial charge in [-0.3, -0.25) is 0 Å². The number of carbonyl (C=O) groups is 1. The average Bonchev–Trinajstić information content (AvgIpc) is 2.14. The van der Waals surface area contributed by atoms with E-state index < -0.39 is 0 Å². The minimum Gasteiger partial charge on any atom is -0.376 e. The number of hydrogen-bond donors (Lipinski definition) is 0. The molecule has 0 unspecified atom stereocenters. The van der Waals surface area contributed by atoms with Gasteiger partial charge in [0.15, 0.2) is 0 Å². The average molecular weight is 212 g/mol. The molecule has 0 aliphatic carbocycles. The van der Waals surface area contributed by atoms with Gasteiger partial charge in [0, 0.05) is 19.1 Å². The van der Waals surface area contributed by atoms with Gasteiger partial charge in [0.1, 0.15) is 0 Å². The molecule has 2 fully saturated rings. The number of ether oxygens (including phenoxy) is 1. The van der Waals surface area contributed by atoms with E-state index in [-0.39, 0.29) is 17.6 Å². The third-order valence-electron chi connectivity index (χ3n) is 3.47. The van der Waals surface area contributed by atoms with E-state index in [1.54, 1.807) is 0 Å². The summed E-state index contributed by atoms with van der Waals surface area (Å²) in [6.45, 7) is 9.31. The predicted molar refractivity (Wildman–Crippen MR) is 57.8 cm³/mol. The zero-order valence-electron chi connectivity index (χ0n) is 9.82. The van der Waals surface area contributed by atoms with Crippen LogP contribution in [-0.4, -0.2) is 53.7 Å². The van der Waals surface area contributed by atoms with E-state index in [0.717, 1.165) is 19.5 Å². The van der Waals surface area contributed by atoms with E-state index in [0.29, 0.717) is 13.2 Å². The molecule has 2 aliphatic rings. The Bertz CT molecular complexity index is 261. The van der Waals surface area contributed by atoms with Gasteiger partial charge in [0.2, 0.25) is 0 Å². The molecule has 15 heavy (non-hydrogen) atoms. The van der Waals surface area contributed by atoms with Gasteiger partial charge < -0.3 is 14.5 Å². The monoisotopic (exact) mass is 212 g/mol. The second-order valence-corrected chi connectivity index (χ2v) is 4.79. The molecular formula is C11H20N2O2. The summed E-state index contributed by atoms with van der Waals surface area (Å²) in [5.41, 5.74) is 0.0108. The van der Waals surface area contributed by atoms with Crippen molar-refractivity contribution in [1.29, 1.82) is 0 Å². The van der Waals surface area contributed by atoms with E-state index in [4.69, 9.17) is 4.74 Å². The molecule has 2 rings (SSSR count). The van der Waals surface area contributed by atoms with Crippen molar-refractivity contribution in [3.8, 4) is 0 Å². The Morgan fingerprint density at radius 1 is 1.47 bits per heavy atom. The van der Waals surface area contributed by atoms with Crippen molar-refractivity contribution in [2.45, 2.75) is 38.8 Å². The molecule has 0 aromatic rings.